The van der Waals surface area contributed by atoms with Gasteiger partial charge in [-0.05, 0) is 42.8 Å². The van der Waals surface area contributed by atoms with Crippen LogP contribution in [-0.4, -0.2) is 71.0 Å². The summed E-state index contributed by atoms with van der Waals surface area (Å²) in [4.78, 5) is 31.3. The fraction of sp³-hybridized carbons (Fsp3) is 0.391. The third-order valence-corrected chi connectivity index (χ3v) is 8.00. The van der Waals surface area contributed by atoms with Gasteiger partial charge in [-0.1, -0.05) is 35.3 Å². The quantitative estimate of drug-likeness (QED) is 0.609. The lowest BCUT2D eigenvalue weighted by Gasteiger charge is -2.36. The van der Waals surface area contributed by atoms with Gasteiger partial charge in [0.25, 0.3) is 5.91 Å². The number of hydrogen-bond acceptors (Lipinski definition) is 4. The largest absolute Gasteiger partial charge is 0.336 e. The minimum absolute atomic E-state index is 0.0943. The number of carbonyl (C=O) groups is 2. The van der Waals surface area contributed by atoms with Crippen LogP contribution < -0.4 is 0 Å². The van der Waals surface area contributed by atoms with Crippen LogP contribution in [0.3, 0.4) is 0 Å². The van der Waals surface area contributed by atoms with E-state index in [0.29, 0.717) is 48.3 Å². The van der Waals surface area contributed by atoms with E-state index in [2.05, 4.69) is 4.90 Å². The van der Waals surface area contributed by atoms with Gasteiger partial charge in [0.15, 0.2) is 0 Å². The Morgan fingerprint density at radius 1 is 1.06 bits per heavy atom. The van der Waals surface area contributed by atoms with Crippen LogP contribution in [0.2, 0.25) is 10.0 Å². The molecular formula is C23H24Cl2FN3O2S. The predicted octanol–water partition coefficient (Wildman–Crippen LogP) is 4.55. The van der Waals surface area contributed by atoms with Gasteiger partial charge in [-0.25, -0.2) is 4.39 Å². The maximum Gasteiger partial charge on any atom is 0.254 e. The maximum atomic E-state index is 13.4. The number of hydrogen-bond donors (Lipinski definition) is 0. The van der Waals surface area contributed by atoms with Crippen molar-refractivity contribution in [1.29, 1.82) is 0 Å². The summed E-state index contributed by atoms with van der Waals surface area (Å²) in [6, 6.07) is 11.3. The number of amides is 2. The first kappa shape index (κ1) is 23.4. The summed E-state index contributed by atoms with van der Waals surface area (Å²) in [5.41, 5.74) is 1.34. The minimum Gasteiger partial charge on any atom is -0.336 e. The van der Waals surface area contributed by atoms with Gasteiger partial charge in [-0.2, -0.15) is 0 Å². The van der Waals surface area contributed by atoms with Gasteiger partial charge in [-0.15, -0.1) is 11.8 Å². The SMILES string of the molecule is C[C@@H]1S[C@@H](c2ccc(Cl)c(Cl)c2)N(CCN2CCN(C(=O)c3cccc(F)c3)CC2)C1=O. The van der Waals surface area contributed by atoms with Crippen LogP contribution in [0.1, 0.15) is 28.2 Å². The molecule has 0 aliphatic carbocycles. The zero-order valence-electron chi connectivity index (χ0n) is 17.6. The molecule has 2 aliphatic heterocycles. The highest BCUT2D eigenvalue weighted by molar-refractivity contribution is 8.01. The summed E-state index contributed by atoms with van der Waals surface area (Å²) in [5.74, 6) is -0.442. The van der Waals surface area contributed by atoms with E-state index in [1.54, 1.807) is 34.9 Å². The Labute approximate surface area is 201 Å². The summed E-state index contributed by atoms with van der Waals surface area (Å²) in [5, 5.41) is 0.768. The topological polar surface area (TPSA) is 43.9 Å². The van der Waals surface area contributed by atoms with E-state index in [-0.39, 0.29) is 22.4 Å². The third kappa shape index (κ3) is 5.06. The molecule has 2 fully saturated rings. The van der Waals surface area contributed by atoms with Gasteiger partial charge in [0, 0.05) is 44.8 Å². The van der Waals surface area contributed by atoms with Gasteiger partial charge in [-0.3, -0.25) is 14.5 Å². The predicted molar refractivity (Wildman–Crippen MR) is 127 cm³/mol. The molecule has 2 aliphatic rings. The number of benzene rings is 2. The molecule has 170 valence electrons. The van der Waals surface area contributed by atoms with Gasteiger partial charge < -0.3 is 9.80 Å². The molecule has 0 unspecified atom stereocenters. The molecule has 5 nitrogen and oxygen atoms in total. The molecular weight excluding hydrogens is 472 g/mol. The Kier molecular flexibility index (Phi) is 7.30. The number of nitrogens with zero attached hydrogens (tertiary/aromatic N) is 3. The van der Waals surface area contributed by atoms with Gasteiger partial charge in [0.05, 0.1) is 15.3 Å². The highest BCUT2D eigenvalue weighted by Gasteiger charge is 2.38. The van der Waals surface area contributed by atoms with Crippen LogP contribution >= 0.6 is 35.0 Å². The van der Waals surface area contributed by atoms with Gasteiger partial charge >= 0.3 is 0 Å². The number of halogens is 3. The summed E-state index contributed by atoms with van der Waals surface area (Å²) in [6.45, 7) is 5.81. The molecule has 0 saturated carbocycles. The summed E-state index contributed by atoms with van der Waals surface area (Å²) in [6.07, 6.45) is 0. The van der Waals surface area contributed by atoms with E-state index in [1.165, 1.54) is 12.1 Å². The van der Waals surface area contributed by atoms with Crippen LogP contribution in [0, 0.1) is 5.82 Å². The summed E-state index contributed by atoms with van der Waals surface area (Å²) >= 11 is 13.9. The molecule has 0 aromatic heterocycles. The van der Waals surface area contributed by atoms with Crippen LogP contribution in [0.25, 0.3) is 0 Å². The van der Waals surface area contributed by atoms with Crippen molar-refractivity contribution in [2.75, 3.05) is 39.3 Å². The molecule has 0 N–H and O–H groups in total. The van der Waals surface area contributed by atoms with Crippen molar-refractivity contribution >= 4 is 46.8 Å². The van der Waals surface area contributed by atoms with Crippen molar-refractivity contribution in [2.24, 2.45) is 0 Å². The molecule has 4 rings (SSSR count). The number of carbonyl (C=O) groups excluding carboxylic acids is 2. The summed E-state index contributed by atoms with van der Waals surface area (Å²) in [7, 11) is 0. The van der Waals surface area contributed by atoms with E-state index >= 15 is 0 Å². The van der Waals surface area contributed by atoms with E-state index in [0.717, 1.165) is 12.1 Å². The molecule has 2 saturated heterocycles. The molecule has 0 spiro atoms. The molecule has 32 heavy (non-hydrogen) atoms. The molecule has 2 aromatic carbocycles. The van der Waals surface area contributed by atoms with Gasteiger partial charge in [0.1, 0.15) is 11.2 Å². The second-order valence-corrected chi connectivity index (χ2v) is 10.2. The Bertz CT molecular complexity index is 1020. The molecule has 2 aromatic rings. The molecule has 9 heteroatoms. The first-order chi connectivity index (χ1) is 15.3. The van der Waals surface area contributed by atoms with Crippen LogP contribution in [0.4, 0.5) is 4.39 Å². The molecule has 0 bridgehead atoms. The highest BCUT2D eigenvalue weighted by atomic mass is 35.5. The lowest BCUT2D eigenvalue weighted by molar-refractivity contribution is -0.130. The monoisotopic (exact) mass is 495 g/mol. The molecule has 2 atom stereocenters. The molecule has 2 amide bonds. The van der Waals surface area contributed by atoms with Crippen LogP contribution in [0.5, 0.6) is 0 Å². The Balaban J connectivity index is 1.34. The van der Waals surface area contributed by atoms with Gasteiger partial charge in [0.2, 0.25) is 5.91 Å². The first-order valence-corrected chi connectivity index (χ1v) is 12.2. The fourth-order valence-corrected chi connectivity index (χ4v) is 5.66. The second-order valence-electron chi connectivity index (χ2n) is 7.98. The smallest absolute Gasteiger partial charge is 0.254 e. The number of rotatable bonds is 5. The Morgan fingerprint density at radius 2 is 1.81 bits per heavy atom. The summed E-state index contributed by atoms with van der Waals surface area (Å²) < 4.78 is 13.4. The van der Waals surface area contributed by atoms with E-state index in [4.69, 9.17) is 23.2 Å². The van der Waals surface area contributed by atoms with Crippen LogP contribution in [0.15, 0.2) is 42.5 Å². The Hall–Kier alpha value is -1.80. The lowest BCUT2D eigenvalue weighted by Crippen LogP contribution is -2.50. The van der Waals surface area contributed by atoms with E-state index < -0.39 is 5.82 Å². The molecule has 2 heterocycles. The third-order valence-electron chi connectivity index (χ3n) is 5.86. The normalized spacial score (nSPS) is 21.9. The second kappa shape index (κ2) is 10.00. The zero-order valence-corrected chi connectivity index (χ0v) is 20.0. The average Bonchev–Trinajstić information content (AvgIpc) is 3.07. The van der Waals surface area contributed by atoms with Crippen molar-refractivity contribution in [3.05, 3.63) is 69.5 Å². The van der Waals surface area contributed by atoms with Crippen molar-refractivity contribution in [3.8, 4) is 0 Å². The van der Waals surface area contributed by atoms with Crippen molar-refractivity contribution in [2.45, 2.75) is 17.5 Å². The maximum absolute atomic E-state index is 13.4. The van der Waals surface area contributed by atoms with E-state index in [1.807, 2.05) is 24.0 Å². The lowest BCUT2D eigenvalue weighted by atomic mass is 10.1. The first-order valence-electron chi connectivity index (χ1n) is 10.5. The van der Waals surface area contributed by atoms with Crippen molar-refractivity contribution in [3.63, 3.8) is 0 Å². The van der Waals surface area contributed by atoms with Crippen molar-refractivity contribution in [1.82, 2.24) is 14.7 Å². The Morgan fingerprint density at radius 3 is 2.50 bits per heavy atom. The fourth-order valence-electron chi connectivity index (χ4n) is 4.05. The highest BCUT2D eigenvalue weighted by Crippen LogP contribution is 2.43. The number of piperazine rings is 1. The standard InChI is InChI=1S/C23H24Cl2FN3O2S/c1-15-21(30)29(23(32-15)17-5-6-19(24)20(25)14-17)12-9-27-7-10-28(11-8-27)22(31)16-3-2-4-18(26)13-16/h2-6,13-15,23H,7-12H2,1H3/t15-,23-/m0/s1. The average molecular weight is 496 g/mol. The van der Waals surface area contributed by atoms with E-state index in [9.17, 15) is 14.0 Å². The van der Waals surface area contributed by atoms with Crippen LogP contribution in [-0.2, 0) is 4.79 Å². The van der Waals surface area contributed by atoms with Crippen molar-refractivity contribution < 1.29 is 14.0 Å². The molecule has 0 radical (unpaired) electrons. The minimum atomic E-state index is -0.409. The zero-order chi connectivity index (χ0) is 22.8. The number of thioether (sulfide) groups is 1.